The van der Waals surface area contributed by atoms with Gasteiger partial charge in [0.1, 0.15) is 10.6 Å². The molecule has 1 N–H and O–H groups in total. The Morgan fingerprint density at radius 3 is 2.73 bits per heavy atom. The Morgan fingerprint density at radius 2 is 2.05 bits per heavy atom. The van der Waals surface area contributed by atoms with E-state index in [1.54, 1.807) is 12.1 Å². The maximum absolute atomic E-state index is 11.9. The summed E-state index contributed by atoms with van der Waals surface area (Å²) in [6.45, 7) is 3.86. The summed E-state index contributed by atoms with van der Waals surface area (Å²) in [5.41, 5.74) is 0. The van der Waals surface area contributed by atoms with Gasteiger partial charge >= 0.3 is 10.1 Å². The monoisotopic (exact) mass is 329 g/mol. The SMILES string of the molecule is C=CC(=O)NCCCCOOS(=O)(=O)c1ccccc1OC. The van der Waals surface area contributed by atoms with Gasteiger partial charge in [-0.3, -0.25) is 4.79 Å². The number of rotatable bonds is 10. The predicted octanol–water partition coefficient (Wildman–Crippen LogP) is 1.41. The van der Waals surface area contributed by atoms with Gasteiger partial charge in [-0.1, -0.05) is 18.7 Å². The molecule has 0 heterocycles. The molecule has 0 aliphatic rings. The van der Waals surface area contributed by atoms with Gasteiger partial charge in [0.15, 0.2) is 0 Å². The highest BCUT2D eigenvalue weighted by Crippen LogP contribution is 2.24. The van der Waals surface area contributed by atoms with Gasteiger partial charge in [0, 0.05) is 6.54 Å². The molecule has 0 radical (unpaired) electrons. The van der Waals surface area contributed by atoms with E-state index >= 15 is 0 Å². The van der Waals surface area contributed by atoms with E-state index in [1.165, 1.54) is 25.3 Å². The van der Waals surface area contributed by atoms with Crippen molar-refractivity contribution in [2.75, 3.05) is 20.3 Å². The van der Waals surface area contributed by atoms with Crippen LogP contribution in [0.3, 0.4) is 0 Å². The molecular weight excluding hydrogens is 310 g/mol. The third-order valence-corrected chi connectivity index (χ3v) is 3.77. The number of carbonyl (C=O) groups is 1. The number of hydrogen-bond donors (Lipinski definition) is 1. The summed E-state index contributed by atoms with van der Waals surface area (Å²) in [6.07, 6.45) is 2.33. The second-order valence-corrected chi connectivity index (χ2v) is 5.68. The average Bonchev–Trinajstić information content (AvgIpc) is 2.53. The van der Waals surface area contributed by atoms with Gasteiger partial charge in [0.2, 0.25) is 5.91 Å². The first-order valence-electron chi connectivity index (χ1n) is 6.60. The summed E-state index contributed by atoms with van der Waals surface area (Å²) >= 11 is 0. The summed E-state index contributed by atoms with van der Waals surface area (Å²) in [5, 5.41) is 2.59. The minimum Gasteiger partial charge on any atom is -0.495 e. The number of unbranched alkanes of at least 4 members (excludes halogenated alkanes) is 1. The molecule has 1 amide bonds. The highest BCUT2D eigenvalue weighted by molar-refractivity contribution is 7.86. The van der Waals surface area contributed by atoms with E-state index in [-0.39, 0.29) is 23.2 Å². The van der Waals surface area contributed by atoms with Crippen LogP contribution in [0.1, 0.15) is 12.8 Å². The van der Waals surface area contributed by atoms with Gasteiger partial charge in [-0.2, -0.15) is 8.42 Å². The van der Waals surface area contributed by atoms with Crippen molar-refractivity contribution in [3.05, 3.63) is 36.9 Å². The van der Waals surface area contributed by atoms with Crippen molar-refractivity contribution >= 4 is 16.0 Å². The van der Waals surface area contributed by atoms with Gasteiger partial charge in [0.25, 0.3) is 0 Å². The van der Waals surface area contributed by atoms with Crippen molar-refractivity contribution in [1.29, 1.82) is 0 Å². The number of benzene rings is 1. The summed E-state index contributed by atoms with van der Waals surface area (Å²) in [5.74, 6) is -0.0749. The number of methoxy groups -OCH3 is 1. The van der Waals surface area contributed by atoms with Crippen LogP contribution in [0.2, 0.25) is 0 Å². The molecule has 0 atom stereocenters. The lowest BCUT2D eigenvalue weighted by molar-refractivity contribution is -0.202. The largest absolute Gasteiger partial charge is 0.495 e. The molecule has 22 heavy (non-hydrogen) atoms. The smallest absolute Gasteiger partial charge is 0.326 e. The van der Waals surface area contributed by atoms with E-state index in [0.717, 1.165) is 0 Å². The molecule has 1 rings (SSSR count). The number of ether oxygens (including phenoxy) is 1. The van der Waals surface area contributed by atoms with E-state index < -0.39 is 10.1 Å². The highest BCUT2D eigenvalue weighted by atomic mass is 32.2. The molecule has 8 heteroatoms. The topological polar surface area (TPSA) is 90.9 Å². The number of amides is 1. The van der Waals surface area contributed by atoms with Crippen LogP contribution in [0.25, 0.3) is 0 Å². The molecule has 0 aliphatic carbocycles. The Hall–Kier alpha value is -1.90. The van der Waals surface area contributed by atoms with Crippen LogP contribution in [0.15, 0.2) is 41.8 Å². The summed E-state index contributed by atoms with van der Waals surface area (Å²) in [4.78, 5) is 15.5. The third kappa shape index (κ3) is 5.84. The number of para-hydroxylation sites is 1. The van der Waals surface area contributed by atoms with E-state index in [4.69, 9.17) is 9.62 Å². The van der Waals surface area contributed by atoms with Crippen LogP contribution >= 0.6 is 0 Å². The Bertz CT molecular complexity index is 599. The van der Waals surface area contributed by atoms with Crippen molar-refractivity contribution in [2.45, 2.75) is 17.7 Å². The first-order valence-corrected chi connectivity index (χ1v) is 8.01. The molecule has 0 spiro atoms. The molecule has 0 saturated heterocycles. The fourth-order valence-corrected chi connectivity index (χ4v) is 2.44. The lowest BCUT2D eigenvalue weighted by Gasteiger charge is -2.08. The molecule has 7 nitrogen and oxygen atoms in total. The molecule has 0 bridgehead atoms. The maximum atomic E-state index is 11.9. The van der Waals surface area contributed by atoms with Gasteiger partial charge in [-0.05, 0) is 31.1 Å². The first kappa shape index (κ1) is 18.1. The van der Waals surface area contributed by atoms with Crippen molar-refractivity contribution in [3.8, 4) is 5.75 Å². The lowest BCUT2D eigenvalue weighted by atomic mass is 10.3. The zero-order valence-corrected chi connectivity index (χ0v) is 13.1. The molecule has 0 unspecified atom stereocenters. The number of nitrogens with one attached hydrogen (secondary N) is 1. The highest BCUT2D eigenvalue weighted by Gasteiger charge is 2.21. The standard InChI is InChI=1S/C14H19NO6S/c1-3-14(16)15-10-6-7-11-20-21-22(17,18)13-9-5-4-8-12(13)19-2/h3-5,8-9H,1,6-7,10-11H2,2H3,(H,15,16). The molecule has 0 aliphatic heterocycles. The van der Waals surface area contributed by atoms with Gasteiger partial charge in [-0.15, -0.1) is 4.33 Å². The number of hydrogen-bond acceptors (Lipinski definition) is 6. The third-order valence-electron chi connectivity index (χ3n) is 2.62. The summed E-state index contributed by atoms with van der Waals surface area (Å²) < 4.78 is 33.3. The van der Waals surface area contributed by atoms with Crippen LogP contribution in [-0.2, 0) is 24.1 Å². The lowest BCUT2D eigenvalue weighted by Crippen LogP contribution is -2.22. The predicted molar refractivity (Wildman–Crippen MR) is 79.7 cm³/mol. The van der Waals surface area contributed by atoms with Gasteiger partial charge in [-0.25, -0.2) is 4.89 Å². The van der Waals surface area contributed by atoms with Crippen LogP contribution in [0, 0.1) is 0 Å². The first-order chi connectivity index (χ1) is 10.5. The summed E-state index contributed by atoms with van der Waals surface area (Å²) in [7, 11) is -2.68. The summed E-state index contributed by atoms with van der Waals surface area (Å²) in [6, 6.07) is 6.08. The Morgan fingerprint density at radius 1 is 1.32 bits per heavy atom. The maximum Gasteiger partial charge on any atom is 0.326 e. The zero-order chi connectivity index (χ0) is 16.4. The van der Waals surface area contributed by atoms with Crippen LogP contribution in [0.5, 0.6) is 5.75 Å². The molecule has 0 saturated carbocycles. The molecular formula is C14H19NO6S. The van der Waals surface area contributed by atoms with E-state index in [1.807, 2.05) is 0 Å². The van der Waals surface area contributed by atoms with Crippen LogP contribution in [0.4, 0.5) is 0 Å². The van der Waals surface area contributed by atoms with E-state index in [0.29, 0.717) is 19.4 Å². The van der Waals surface area contributed by atoms with E-state index in [9.17, 15) is 13.2 Å². The van der Waals surface area contributed by atoms with Crippen LogP contribution in [-0.4, -0.2) is 34.6 Å². The second-order valence-electron chi connectivity index (χ2n) is 4.20. The normalized spacial score (nSPS) is 11.0. The average molecular weight is 329 g/mol. The molecule has 0 fully saturated rings. The van der Waals surface area contributed by atoms with E-state index in [2.05, 4.69) is 16.2 Å². The molecule has 122 valence electrons. The zero-order valence-electron chi connectivity index (χ0n) is 12.3. The van der Waals surface area contributed by atoms with Gasteiger partial charge in [0.05, 0.1) is 13.7 Å². The Kier molecular flexibility index (Phi) is 7.58. The van der Waals surface area contributed by atoms with Crippen molar-refractivity contribution in [1.82, 2.24) is 5.32 Å². The fourth-order valence-electron chi connectivity index (χ4n) is 1.53. The van der Waals surface area contributed by atoms with Crippen molar-refractivity contribution in [3.63, 3.8) is 0 Å². The van der Waals surface area contributed by atoms with Crippen LogP contribution < -0.4 is 10.1 Å². The minimum atomic E-state index is -4.04. The molecule has 1 aromatic rings. The fraction of sp³-hybridized carbons (Fsp3) is 0.357. The van der Waals surface area contributed by atoms with Crippen molar-refractivity contribution in [2.24, 2.45) is 0 Å². The molecule has 1 aromatic carbocycles. The molecule has 0 aromatic heterocycles. The second kappa shape index (κ2) is 9.19. The van der Waals surface area contributed by atoms with Gasteiger partial charge < -0.3 is 10.1 Å². The quantitative estimate of drug-likeness (QED) is 0.302. The van der Waals surface area contributed by atoms with Crippen molar-refractivity contribution < 1.29 is 27.2 Å². The minimum absolute atomic E-state index is 0.0817. The Balaban J connectivity index is 2.35. The Labute approximate surface area is 129 Å². The number of carbonyl (C=O) groups excluding carboxylic acids is 1.